The van der Waals surface area contributed by atoms with Crippen molar-refractivity contribution in [2.45, 2.75) is 38.5 Å². The minimum Gasteiger partial charge on any atom is -0.394 e. The first kappa shape index (κ1) is 18.6. The van der Waals surface area contributed by atoms with Crippen LogP contribution >= 0.6 is 0 Å². The van der Waals surface area contributed by atoms with E-state index in [2.05, 4.69) is 21.0 Å². The van der Waals surface area contributed by atoms with Crippen LogP contribution in [0, 0.1) is 23.1 Å². The Kier molecular flexibility index (Phi) is 5.81. The molecule has 0 aromatic carbocycles. The van der Waals surface area contributed by atoms with Crippen LogP contribution in [0.2, 0.25) is 0 Å². The topological polar surface area (TPSA) is 119 Å². The van der Waals surface area contributed by atoms with Gasteiger partial charge in [0.05, 0.1) is 24.2 Å². The second-order valence-corrected chi connectivity index (χ2v) is 6.62. The molecule has 7 nitrogen and oxygen atoms in total. The van der Waals surface area contributed by atoms with Gasteiger partial charge in [0.2, 0.25) is 0 Å². The molecule has 0 spiro atoms. The van der Waals surface area contributed by atoms with Crippen molar-refractivity contribution >= 4 is 17.2 Å². The molecule has 3 aromatic rings. The fourth-order valence-electron chi connectivity index (χ4n) is 3.17. The summed E-state index contributed by atoms with van der Waals surface area (Å²) in [4.78, 5) is 12.2. The van der Waals surface area contributed by atoms with Gasteiger partial charge in [-0.3, -0.25) is 4.40 Å². The third-order valence-corrected chi connectivity index (χ3v) is 4.65. The van der Waals surface area contributed by atoms with Crippen molar-refractivity contribution in [2.24, 2.45) is 5.92 Å². The van der Waals surface area contributed by atoms with Crippen molar-refractivity contribution in [1.29, 1.82) is 5.26 Å². The van der Waals surface area contributed by atoms with Gasteiger partial charge in [0.15, 0.2) is 11.6 Å². The Balaban J connectivity index is 0.000000197. The number of nitrogens with zero attached hydrogens (tertiary/aromatic N) is 5. The number of nitrogen functional groups attached to an aromatic ring is 2. The molecule has 0 radical (unpaired) electrons. The molecule has 140 valence electrons. The molecule has 1 fully saturated rings. The molecule has 0 aliphatic heterocycles. The third kappa shape index (κ3) is 4.50. The molecule has 4 N–H and O–H groups in total. The van der Waals surface area contributed by atoms with Crippen LogP contribution in [0.15, 0.2) is 30.7 Å². The maximum Gasteiger partial charge on any atom is 0.180 e. The van der Waals surface area contributed by atoms with Crippen LogP contribution in [-0.2, 0) is 0 Å². The summed E-state index contributed by atoms with van der Waals surface area (Å²) in [5.74, 6) is 0.903. The molecule has 0 bridgehead atoms. The van der Waals surface area contributed by atoms with Gasteiger partial charge in [-0.1, -0.05) is 19.3 Å². The summed E-state index contributed by atoms with van der Waals surface area (Å²) in [5, 5.41) is 8.37. The third-order valence-electron chi connectivity index (χ3n) is 4.65. The summed E-state index contributed by atoms with van der Waals surface area (Å²) in [6, 6.07) is 5.14. The fourth-order valence-corrected chi connectivity index (χ4v) is 3.17. The summed E-state index contributed by atoms with van der Waals surface area (Å²) >= 11 is 0. The number of nitriles is 1. The number of hydrogen-bond donors (Lipinski definition) is 2. The quantitative estimate of drug-likeness (QED) is 0.714. The van der Waals surface area contributed by atoms with Crippen molar-refractivity contribution in [3.8, 4) is 17.6 Å². The van der Waals surface area contributed by atoms with Crippen molar-refractivity contribution in [1.82, 2.24) is 19.4 Å². The number of rotatable bonds is 2. The number of nitrogens with two attached hydrogens (primary N) is 2. The summed E-state index contributed by atoms with van der Waals surface area (Å²) in [6.07, 6.45) is 11.8. The fraction of sp³-hybridized carbons (Fsp3) is 0.368. The maximum atomic E-state index is 13.2. The lowest BCUT2D eigenvalue weighted by atomic mass is 9.87. The monoisotopic (exact) mass is 367 g/mol. The standard InChI is InChI=1S/C11H9FN6.C8H13N/c12-6-1-2-9-15-4-8(18(9)5-6)11-16-3-7(13)10(14)17-11;9-7-6-8-4-2-1-3-5-8/h1-5H,13H2,(H2,14,16,17);8H,1-6H2. The normalized spacial score (nSPS) is 14.4. The van der Waals surface area contributed by atoms with E-state index >= 15 is 0 Å². The zero-order valence-electron chi connectivity index (χ0n) is 15.0. The van der Waals surface area contributed by atoms with Crippen LogP contribution in [0.5, 0.6) is 0 Å². The molecule has 0 amide bonds. The van der Waals surface area contributed by atoms with Gasteiger partial charge in [0.25, 0.3) is 0 Å². The van der Waals surface area contributed by atoms with Crippen molar-refractivity contribution in [3.05, 3.63) is 36.5 Å². The summed E-state index contributed by atoms with van der Waals surface area (Å²) in [7, 11) is 0. The molecule has 3 aromatic heterocycles. The molecule has 0 atom stereocenters. The largest absolute Gasteiger partial charge is 0.394 e. The summed E-state index contributed by atoms with van der Waals surface area (Å²) in [6.45, 7) is 0. The molecule has 0 saturated heterocycles. The van der Waals surface area contributed by atoms with Gasteiger partial charge in [-0.05, 0) is 30.9 Å². The molecule has 4 rings (SSSR count). The highest BCUT2D eigenvalue weighted by atomic mass is 19.1. The number of halogens is 1. The molecule has 1 aliphatic rings. The average Bonchev–Trinajstić information content (AvgIpc) is 3.09. The summed E-state index contributed by atoms with van der Waals surface area (Å²) < 4.78 is 14.8. The highest BCUT2D eigenvalue weighted by molar-refractivity contribution is 5.63. The molecule has 3 heterocycles. The Morgan fingerprint density at radius 1 is 1.15 bits per heavy atom. The van der Waals surface area contributed by atoms with Crippen molar-refractivity contribution < 1.29 is 4.39 Å². The van der Waals surface area contributed by atoms with E-state index < -0.39 is 0 Å². The predicted molar refractivity (Wildman–Crippen MR) is 102 cm³/mol. The van der Waals surface area contributed by atoms with Crippen LogP contribution in [0.3, 0.4) is 0 Å². The Bertz CT molecular complexity index is 954. The molecular weight excluding hydrogens is 345 g/mol. The van der Waals surface area contributed by atoms with E-state index in [1.807, 2.05) is 0 Å². The Morgan fingerprint density at radius 3 is 2.63 bits per heavy atom. The minimum atomic E-state index is -0.370. The van der Waals surface area contributed by atoms with Gasteiger partial charge in [-0.2, -0.15) is 5.26 Å². The van der Waals surface area contributed by atoms with Gasteiger partial charge in [-0.25, -0.2) is 19.3 Å². The van der Waals surface area contributed by atoms with Crippen molar-refractivity contribution in [2.75, 3.05) is 11.5 Å². The molecule has 1 saturated carbocycles. The molecular formula is C19H22FN7. The molecule has 1 aliphatic carbocycles. The number of aromatic nitrogens is 4. The predicted octanol–water partition coefficient (Wildman–Crippen LogP) is 3.58. The van der Waals surface area contributed by atoms with E-state index in [9.17, 15) is 4.39 Å². The molecule has 8 heteroatoms. The molecule has 0 unspecified atom stereocenters. The van der Waals surface area contributed by atoms with E-state index in [0.717, 1.165) is 12.3 Å². The smallest absolute Gasteiger partial charge is 0.180 e. The molecule has 27 heavy (non-hydrogen) atoms. The second kappa shape index (κ2) is 8.45. The number of imidazole rings is 1. The minimum absolute atomic E-state index is 0.186. The van der Waals surface area contributed by atoms with Gasteiger partial charge < -0.3 is 11.5 Å². The number of anilines is 2. The first-order valence-corrected chi connectivity index (χ1v) is 8.96. The SMILES string of the molecule is N#CCC1CCCCC1.Nc1cnc(-c2cnc3ccc(F)cn23)nc1N. The first-order valence-electron chi connectivity index (χ1n) is 8.96. The van der Waals surface area contributed by atoms with E-state index in [1.54, 1.807) is 16.7 Å². The lowest BCUT2D eigenvalue weighted by molar-refractivity contribution is 0.364. The Morgan fingerprint density at radius 2 is 1.93 bits per heavy atom. The van der Waals surface area contributed by atoms with Gasteiger partial charge in [0, 0.05) is 12.6 Å². The van der Waals surface area contributed by atoms with Gasteiger partial charge in [-0.15, -0.1) is 0 Å². The Hall–Kier alpha value is -3.21. The Labute approximate surface area is 156 Å². The lowest BCUT2D eigenvalue weighted by Gasteiger charge is -2.17. The van der Waals surface area contributed by atoms with E-state index in [4.69, 9.17) is 16.7 Å². The van der Waals surface area contributed by atoms with Crippen LogP contribution in [0.25, 0.3) is 17.2 Å². The van der Waals surface area contributed by atoms with Crippen LogP contribution in [0.1, 0.15) is 38.5 Å². The van der Waals surface area contributed by atoms with Crippen LogP contribution < -0.4 is 11.5 Å². The zero-order valence-corrected chi connectivity index (χ0v) is 15.0. The second-order valence-electron chi connectivity index (χ2n) is 6.62. The van der Waals surface area contributed by atoms with E-state index in [0.29, 0.717) is 22.9 Å². The zero-order chi connectivity index (χ0) is 19.2. The highest BCUT2D eigenvalue weighted by Gasteiger charge is 2.12. The number of pyridine rings is 1. The summed E-state index contributed by atoms with van der Waals surface area (Å²) in [5.41, 5.74) is 12.6. The van der Waals surface area contributed by atoms with Gasteiger partial charge >= 0.3 is 0 Å². The van der Waals surface area contributed by atoms with Gasteiger partial charge in [0.1, 0.15) is 17.2 Å². The van der Waals surface area contributed by atoms with E-state index in [1.165, 1.54) is 50.6 Å². The first-order chi connectivity index (χ1) is 13.1. The number of fused-ring (bicyclic) bond motifs is 1. The van der Waals surface area contributed by atoms with Crippen LogP contribution in [0.4, 0.5) is 15.9 Å². The lowest BCUT2D eigenvalue weighted by Crippen LogP contribution is -2.04. The highest BCUT2D eigenvalue weighted by Crippen LogP contribution is 2.25. The maximum absolute atomic E-state index is 13.2. The van der Waals surface area contributed by atoms with Crippen LogP contribution in [-0.4, -0.2) is 19.4 Å². The van der Waals surface area contributed by atoms with E-state index in [-0.39, 0.29) is 11.6 Å². The number of hydrogen-bond acceptors (Lipinski definition) is 6. The van der Waals surface area contributed by atoms with Crippen molar-refractivity contribution in [3.63, 3.8) is 0 Å². The average molecular weight is 367 g/mol.